The van der Waals surface area contributed by atoms with Crippen LogP contribution in [0.4, 0.5) is 0 Å². The van der Waals surface area contributed by atoms with Crippen LogP contribution in [0.15, 0.2) is 24.3 Å². The highest BCUT2D eigenvalue weighted by Crippen LogP contribution is 2.31. The van der Waals surface area contributed by atoms with Gasteiger partial charge in [0.15, 0.2) is 0 Å². The van der Waals surface area contributed by atoms with Crippen molar-refractivity contribution in [2.24, 2.45) is 5.92 Å². The summed E-state index contributed by atoms with van der Waals surface area (Å²) in [5, 5.41) is 4.06. The lowest BCUT2D eigenvalue weighted by Gasteiger charge is -2.33. The molecule has 0 amide bonds. The summed E-state index contributed by atoms with van der Waals surface area (Å²) in [6.07, 6.45) is 4.18. The van der Waals surface area contributed by atoms with Crippen molar-refractivity contribution < 1.29 is 8.42 Å². The van der Waals surface area contributed by atoms with Crippen LogP contribution in [0.3, 0.4) is 0 Å². The SMILES string of the molecule is CNC(CC1CCCN(S(C)(=O)=O)C1)c1ccccc1Cl. The van der Waals surface area contributed by atoms with Crippen LogP contribution >= 0.6 is 11.6 Å². The van der Waals surface area contributed by atoms with E-state index >= 15 is 0 Å². The van der Waals surface area contributed by atoms with Crippen LogP contribution in [0.25, 0.3) is 0 Å². The number of hydrogen-bond acceptors (Lipinski definition) is 3. The molecule has 0 aliphatic carbocycles. The second-order valence-electron chi connectivity index (χ2n) is 5.73. The first-order valence-electron chi connectivity index (χ1n) is 7.28. The minimum absolute atomic E-state index is 0.156. The summed E-state index contributed by atoms with van der Waals surface area (Å²) in [4.78, 5) is 0. The molecule has 1 aliphatic rings. The van der Waals surface area contributed by atoms with E-state index in [4.69, 9.17) is 11.6 Å². The van der Waals surface area contributed by atoms with Gasteiger partial charge in [-0.05, 0) is 43.9 Å². The van der Waals surface area contributed by atoms with E-state index in [-0.39, 0.29) is 6.04 Å². The van der Waals surface area contributed by atoms with Crippen LogP contribution in [0.5, 0.6) is 0 Å². The maximum Gasteiger partial charge on any atom is 0.211 e. The fourth-order valence-electron chi connectivity index (χ4n) is 3.01. The maximum atomic E-state index is 11.7. The number of nitrogens with one attached hydrogen (secondary N) is 1. The number of sulfonamides is 1. The van der Waals surface area contributed by atoms with Crippen molar-refractivity contribution >= 4 is 21.6 Å². The van der Waals surface area contributed by atoms with Gasteiger partial charge in [-0.1, -0.05) is 29.8 Å². The zero-order chi connectivity index (χ0) is 15.5. The largest absolute Gasteiger partial charge is 0.313 e. The van der Waals surface area contributed by atoms with Crippen molar-refractivity contribution in [3.05, 3.63) is 34.9 Å². The molecule has 1 aromatic rings. The van der Waals surface area contributed by atoms with Crippen molar-refractivity contribution in [3.63, 3.8) is 0 Å². The summed E-state index contributed by atoms with van der Waals surface area (Å²) in [7, 11) is -1.17. The molecule has 21 heavy (non-hydrogen) atoms. The summed E-state index contributed by atoms with van der Waals surface area (Å²) in [5.41, 5.74) is 1.08. The first-order valence-corrected chi connectivity index (χ1v) is 9.51. The van der Waals surface area contributed by atoms with E-state index in [1.165, 1.54) is 6.26 Å². The highest BCUT2D eigenvalue weighted by molar-refractivity contribution is 7.88. The number of piperidine rings is 1. The quantitative estimate of drug-likeness (QED) is 0.903. The van der Waals surface area contributed by atoms with Gasteiger partial charge in [0, 0.05) is 24.2 Å². The van der Waals surface area contributed by atoms with Gasteiger partial charge in [0.1, 0.15) is 0 Å². The number of hydrogen-bond donors (Lipinski definition) is 1. The smallest absolute Gasteiger partial charge is 0.211 e. The fourth-order valence-corrected chi connectivity index (χ4v) is 4.22. The van der Waals surface area contributed by atoms with Gasteiger partial charge in [-0.15, -0.1) is 0 Å². The molecule has 1 saturated heterocycles. The first-order chi connectivity index (χ1) is 9.91. The van der Waals surface area contributed by atoms with E-state index in [0.717, 1.165) is 29.8 Å². The maximum absolute atomic E-state index is 11.7. The average Bonchev–Trinajstić information content (AvgIpc) is 2.45. The third-order valence-corrected chi connectivity index (χ3v) is 5.76. The minimum atomic E-state index is -3.09. The Kier molecular flexibility index (Phi) is 5.66. The van der Waals surface area contributed by atoms with Crippen LogP contribution < -0.4 is 5.32 Å². The number of halogens is 1. The van der Waals surface area contributed by atoms with Crippen LogP contribution in [0.2, 0.25) is 5.02 Å². The molecule has 2 atom stereocenters. The molecule has 4 nitrogen and oxygen atoms in total. The summed E-state index contributed by atoms with van der Waals surface area (Å²) >= 11 is 6.27. The second kappa shape index (κ2) is 7.09. The average molecular weight is 331 g/mol. The molecule has 1 aliphatic heterocycles. The van der Waals surface area contributed by atoms with E-state index in [1.54, 1.807) is 4.31 Å². The summed E-state index contributed by atoms with van der Waals surface area (Å²) in [6, 6.07) is 7.98. The van der Waals surface area contributed by atoms with Crippen LogP contribution in [0, 0.1) is 5.92 Å². The van der Waals surface area contributed by atoms with Crippen LogP contribution in [-0.2, 0) is 10.0 Å². The van der Waals surface area contributed by atoms with E-state index in [2.05, 4.69) is 5.32 Å². The summed E-state index contributed by atoms with van der Waals surface area (Å²) in [5.74, 6) is 0.363. The lowest BCUT2D eigenvalue weighted by atomic mass is 9.89. The molecule has 2 unspecified atom stereocenters. The molecular weight excluding hydrogens is 308 g/mol. The van der Waals surface area contributed by atoms with Crippen molar-refractivity contribution in [2.75, 3.05) is 26.4 Å². The summed E-state index contributed by atoms with van der Waals surface area (Å²) in [6.45, 7) is 1.26. The molecule has 0 bridgehead atoms. The van der Waals surface area contributed by atoms with Gasteiger partial charge in [0.2, 0.25) is 10.0 Å². The number of benzene rings is 1. The predicted octanol–water partition coefficient (Wildman–Crippen LogP) is 2.66. The molecule has 1 fully saturated rings. The third kappa shape index (κ3) is 4.42. The highest BCUT2D eigenvalue weighted by atomic mass is 35.5. The normalized spacial score (nSPS) is 22.1. The number of nitrogens with zero attached hydrogens (tertiary/aromatic N) is 1. The zero-order valence-corrected chi connectivity index (χ0v) is 14.1. The van der Waals surface area contributed by atoms with Crippen molar-refractivity contribution in [1.29, 1.82) is 0 Å². The van der Waals surface area contributed by atoms with Gasteiger partial charge in [0.05, 0.1) is 6.26 Å². The van der Waals surface area contributed by atoms with Gasteiger partial charge >= 0.3 is 0 Å². The van der Waals surface area contributed by atoms with Gasteiger partial charge < -0.3 is 5.32 Å². The van der Waals surface area contributed by atoms with Gasteiger partial charge in [-0.2, -0.15) is 0 Å². The van der Waals surface area contributed by atoms with E-state index in [1.807, 2.05) is 31.3 Å². The zero-order valence-electron chi connectivity index (χ0n) is 12.5. The third-order valence-electron chi connectivity index (χ3n) is 4.15. The van der Waals surface area contributed by atoms with Crippen LogP contribution in [0.1, 0.15) is 30.9 Å². The Morgan fingerprint density at radius 3 is 2.76 bits per heavy atom. The molecular formula is C15H23ClN2O2S. The Bertz CT molecular complexity index is 577. The van der Waals surface area contributed by atoms with Gasteiger partial charge in [-0.3, -0.25) is 0 Å². The molecule has 118 valence electrons. The molecule has 0 radical (unpaired) electrons. The lowest BCUT2D eigenvalue weighted by molar-refractivity contribution is 0.240. The topological polar surface area (TPSA) is 49.4 Å². The standard InChI is InChI=1S/C15H23ClN2O2S/c1-17-15(13-7-3-4-8-14(13)16)10-12-6-5-9-18(11-12)21(2,19)20/h3-4,7-8,12,15,17H,5-6,9-11H2,1-2H3. The van der Waals surface area contributed by atoms with E-state index < -0.39 is 10.0 Å². The monoisotopic (exact) mass is 330 g/mol. The molecule has 2 rings (SSSR count). The van der Waals surface area contributed by atoms with E-state index in [9.17, 15) is 8.42 Å². The Hall–Kier alpha value is -0.620. The lowest BCUT2D eigenvalue weighted by Crippen LogP contribution is -2.40. The first kappa shape index (κ1) is 16.7. The molecule has 6 heteroatoms. The fraction of sp³-hybridized carbons (Fsp3) is 0.600. The van der Waals surface area contributed by atoms with E-state index in [0.29, 0.717) is 19.0 Å². The molecule has 0 saturated carbocycles. The Balaban J connectivity index is 2.07. The van der Waals surface area contributed by atoms with Crippen LogP contribution in [-0.4, -0.2) is 39.1 Å². The second-order valence-corrected chi connectivity index (χ2v) is 8.12. The molecule has 1 aromatic carbocycles. The van der Waals surface area contributed by atoms with Crippen molar-refractivity contribution in [1.82, 2.24) is 9.62 Å². The van der Waals surface area contributed by atoms with Gasteiger partial charge in [-0.25, -0.2) is 12.7 Å². The minimum Gasteiger partial charge on any atom is -0.313 e. The Labute approximate surface area is 132 Å². The Morgan fingerprint density at radius 1 is 1.43 bits per heavy atom. The molecule has 0 aromatic heterocycles. The van der Waals surface area contributed by atoms with Crippen molar-refractivity contribution in [3.8, 4) is 0 Å². The number of rotatable bonds is 5. The Morgan fingerprint density at radius 2 is 2.14 bits per heavy atom. The van der Waals surface area contributed by atoms with Crippen molar-refractivity contribution in [2.45, 2.75) is 25.3 Å². The molecule has 0 spiro atoms. The molecule has 1 N–H and O–H groups in total. The highest BCUT2D eigenvalue weighted by Gasteiger charge is 2.28. The van der Waals surface area contributed by atoms with Gasteiger partial charge in [0.25, 0.3) is 0 Å². The predicted molar refractivity (Wildman–Crippen MR) is 87.0 cm³/mol. The molecule has 1 heterocycles. The summed E-state index contributed by atoms with van der Waals surface area (Å²) < 4.78 is 25.0.